The molecule has 7 nitrogen and oxygen atoms in total. The Morgan fingerprint density at radius 1 is 1.40 bits per heavy atom. The molecule has 0 aliphatic carbocycles. The van der Waals surface area contributed by atoms with E-state index in [1.165, 1.54) is 6.07 Å². The van der Waals surface area contributed by atoms with E-state index < -0.39 is 5.91 Å². The first-order valence-corrected chi connectivity index (χ1v) is 5.73. The highest BCUT2D eigenvalue weighted by Gasteiger charge is 2.17. The number of ether oxygens (including phenoxy) is 1. The normalized spacial score (nSPS) is 10.1. The molecule has 0 saturated carbocycles. The lowest BCUT2D eigenvalue weighted by atomic mass is 10.1. The van der Waals surface area contributed by atoms with Crippen LogP contribution in [0.2, 0.25) is 0 Å². The van der Waals surface area contributed by atoms with Crippen molar-refractivity contribution in [2.45, 2.75) is 0 Å². The molecular weight excluding hydrogens is 260 g/mol. The number of methoxy groups -OCH3 is 1. The van der Waals surface area contributed by atoms with Gasteiger partial charge < -0.3 is 15.5 Å². The maximum Gasteiger partial charge on any atom is 0.252 e. The molecule has 0 saturated heterocycles. The predicted octanol–water partition coefficient (Wildman–Crippen LogP) is 0.626. The molecule has 2 rings (SSSR count). The van der Waals surface area contributed by atoms with Gasteiger partial charge in [-0.05, 0) is 18.2 Å². The van der Waals surface area contributed by atoms with Gasteiger partial charge >= 0.3 is 0 Å². The summed E-state index contributed by atoms with van der Waals surface area (Å²) in [4.78, 5) is 25.0. The number of aromatic nitrogens is 1. The Morgan fingerprint density at radius 3 is 2.75 bits per heavy atom. The molecule has 0 spiro atoms. The number of amides is 2. The maximum absolute atomic E-state index is 11.4. The summed E-state index contributed by atoms with van der Waals surface area (Å²) in [6, 6.07) is 8.74. The van der Waals surface area contributed by atoms with Crippen molar-refractivity contribution in [1.29, 1.82) is 0 Å². The number of primary amides is 1. The van der Waals surface area contributed by atoms with Gasteiger partial charge in [0.05, 0.1) is 12.7 Å². The first-order chi connectivity index (χ1) is 9.56. The molecule has 0 aliphatic heterocycles. The lowest BCUT2D eigenvalue weighted by molar-refractivity contribution is -0.107. The number of hydrogen-bond donors (Lipinski definition) is 3. The van der Waals surface area contributed by atoms with Gasteiger partial charge in [0.25, 0.3) is 5.91 Å². The van der Waals surface area contributed by atoms with Gasteiger partial charge in [-0.25, -0.2) is 10.9 Å². The lowest BCUT2D eigenvalue weighted by Crippen LogP contribution is -2.31. The molecule has 1 aromatic carbocycles. The zero-order valence-corrected chi connectivity index (χ0v) is 10.8. The van der Waals surface area contributed by atoms with Crippen molar-refractivity contribution >= 4 is 18.1 Å². The van der Waals surface area contributed by atoms with E-state index in [-0.39, 0.29) is 11.4 Å². The third-order valence-electron chi connectivity index (χ3n) is 2.81. The molecule has 2 aromatic rings. The predicted molar refractivity (Wildman–Crippen MR) is 74.0 cm³/mol. The summed E-state index contributed by atoms with van der Waals surface area (Å²) in [6.07, 6.45) is 0.383. The standard InChI is InChI=1S/C13H14N4O3/c1-20-9-4-2-3-8(5-9)11-6-10(12(14)19)13(16-11)17(15)7-18/h2-7,16H,15H2,1H3,(H2,14,19). The van der Waals surface area contributed by atoms with Crippen molar-refractivity contribution < 1.29 is 14.3 Å². The van der Waals surface area contributed by atoms with Crippen LogP contribution in [0.3, 0.4) is 0 Å². The number of H-pyrrole nitrogens is 1. The largest absolute Gasteiger partial charge is 0.497 e. The minimum absolute atomic E-state index is 0.136. The molecule has 0 radical (unpaired) electrons. The number of hydrazine groups is 1. The van der Waals surface area contributed by atoms with Gasteiger partial charge in [-0.1, -0.05) is 12.1 Å². The molecule has 20 heavy (non-hydrogen) atoms. The summed E-state index contributed by atoms with van der Waals surface area (Å²) >= 11 is 0. The Hall–Kier alpha value is -2.80. The maximum atomic E-state index is 11.4. The monoisotopic (exact) mass is 274 g/mol. The van der Waals surface area contributed by atoms with Gasteiger partial charge in [-0.15, -0.1) is 0 Å². The third kappa shape index (κ3) is 2.47. The number of benzene rings is 1. The lowest BCUT2D eigenvalue weighted by Gasteiger charge is -2.09. The van der Waals surface area contributed by atoms with Gasteiger partial charge in [0.15, 0.2) is 0 Å². The fraction of sp³-hybridized carbons (Fsp3) is 0.0769. The van der Waals surface area contributed by atoms with Crippen molar-refractivity contribution in [2.75, 3.05) is 12.1 Å². The topological polar surface area (TPSA) is 114 Å². The summed E-state index contributed by atoms with van der Waals surface area (Å²) in [6.45, 7) is 0. The van der Waals surface area contributed by atoms with Crippen molar-refractivity contribution in [2.24, 2.45) is 11.6 Å². The van der Waals surface area contributed by atoms with E-state index in [4.69, 9.17) is 16.3 Å². The average Bonchev–Trinajstić information content (AvgIpc) is 2.92. The molecule has 0 aliphatic rings. The molecule has 2 amide bonds. The Balaban J connectivity index is 2.52. The van der Waals surface area contributed by atoms with Crippen LogP contribution in [0, 0.1) is 0 Å². The Labute approximate surface area is 115 Å². The van der Waals surface area contributed by atoms with Crippen LogP contribution < -0.4 is 21.3 Å². The first kappa shape index (κ1) is 13.6. The third-order valence-corrected chi connectivity index (χ3v) is 2.81. The van der Waals surface area contributed by atoms with Crippen LogP contribution in [0.4, 0.5) is 5.82 Å². The number of hydrogen-bond acceptors (Lipinski definition) is 4. The highest BCUT2D eigenvalue weighted by Crippen LogP contribution is 2.28. The molecular formula is C13H14N4O3. The summed E-state index contributed by atoms with van der Waals surface area (Å²) in [5.74, 6) is 5.61. The number of carbonyl (C=O) groups is 2. The van der Waals surface area contributed by atoms with Crippen LogP contribution in [0.25, 0.3) is 11.3 Å². The Bertz CT molecular complexity index is 651. The van der Waals surface area contributed by atoms with Crippen LogP contribution in [0.15, 0.2) is 30.3 Å². The van der Waals surface area contributed by atoms with Crippen LogP contribution in [-0.2, 0) is 4.79 Å². The number of aromatic amines is 1. The molecule has 7 heteroatoms. The van der Waals surface area contributed by atoms with E-state index in [0.29, 0.717) is 17.9 Å². The highest BCUT2D eigenvalue weighted by molar-refractivity contribution is 6.01. The summed E-state index contributed by atoms with van der Waals surface area (Å²) in [5.41, 5.74) is 6.79. The van der Waals surface area contributed by atoms with Gasteiger partial charge in [0.1, 0.15) is 11.6 Å². The molecule has 5 N–H and O–H groups in total. The van der Waals surface area contributed by atoms with Gasteiger partial charge in [-0.3, -0.25) is 9.59 Å². The molecule has 104 valence electrons. The Morgan fingerprint density at radius 2 is 2.15 bits per heavy atom. The number of nitrogens with two attached hydrogens (primary N) is 2. The van der Waals surface area contributed by atoms with Crippen LogP contribution in [0.5, 0.6) is 5.75 Å². The quantitative estimate of drug-likeness (QED) is 0.321. The zero-order valence-electron chi connectivity index (χ0n) is 10.8. The second-order valence-electron chi connectivity index (χ2n) is 4.05. The molecule has 1 heterocycles. The van der Waals surface area contributed by atoms with Crippen molar-refractivity contribution in [1.82, 2.24) is 4.98 Å². The van der Waals surface area contributed by atoms with Crippen LogP contribution >= 0.6 is 0 Å². The molecule has 0 bridgehead atoms. The van der Waals surface area contributed by atoms with Crippen molar-refractivity contribution in [3.8, 4) is 17.0 Å². The number of nitrogens with zero attached hydrogens (tertiary/aromatic N) is 1. The molecule has 1 aromatic heterocycles. The number of carbonyl (C=O) groups excluding carboxylic acids is 2. The van der Waals surface area contributed by atoms with Gasteiger partial charge in [0, 0.05) is 11.3 Å². The van der Waals surface area contributed by atoms with Gasteiger partial charge in [-0.2, -0.15) is 0 Å². The summed E-state index contributed by atoms with van der Waals surface area (Å²) in [5, 5.41) is 0.768. The number of rotatable bonds is 5. The fourth-order valence-corrected chi connectivity index (χ4v) is 1.83. The van der Waals surface area contributed by atoms with E-state index in [1.807, 2.05) is 6.07 Å². The molecule has 0 fully saturated rings. The average molecular weight is 274 g/mol. The first-order valence-electron chi connectivity index (χ1n) is 5.73. The minimum atomic E-state index is -0.678. The highest BCUT2D eigenvalue weighted by atomic mass is 16.5. The Kier molecular flexibility index (Phi) is 3.72. The van der Waals surface area contributed by atoms with E-state index in [1.54, 1.807) is 25.3 Å². The number of anilines is 1. The van der Waals surface area contributed by atoms with Crippen LogP contribution in [-0.4, -0.2) is 24.4 Å². The molecule has 0 atom stereocenters. The zero-order chi connectivity index (χ0) is 14.7. The summed E-state index contributed by atoms with van der Waals surface area (Å²) < 4.78 is 5.13. The van der Waals surface area contributed by atoms with Crippen molar-refractivity contribution in [3.63, 3.8) is 0 Å². The second-order valence-corrected chi connectivity index (χ2v) is 4.05. The SMILES string of the molecule is COc1cccc(-c2cc(C(N)=O)c(N(N)C=O)[nH]2)c1. The number of nitrogens with one attached hydrogen (secondary N) is 1. The molecule has 0 unspecified atom stereocenters. The van der Waals surface area contributed by atoms with E-state index in [0.717, 1.165) is 10.6 Å². The van der Waals surface area contributed by atoms with Crippen molar-refractivity contribution in [3.05, 3.63) is 35.9 Å². The van der Waals surface area contributed by atoms with Gasteiger partial charge in [0.2, 0.25) is 6.41 Å². The van der Waals surface area contributed by atoms with E-state index in [2.05, 4.69) is 4.98 Å². The second kappa shape index (κ2) is 5.45. The smallest absolute Gasteiger partial charge is 0.252 e. The van der Waals surface area contributed by atoms with Crippen LogP contribution in [0.1, 0.15) is 10.4 Å². The van der Waals surface area contributed by atoms with E-state index >= 15 is 0 Å². The fourth-order valence-electron chi connectivity index (χ4n) is 1.83. The van der Waals surface area contributed by atoms with E-state index in [9.17, 15) is 9.59 Å². The summed E-state index contributed by atoms with van der Waals surface area (Å²) in [7, 11) is 1.56. The minimum Gasteiger partial charge on any atom is -0.497 e.